The molecule has 0 spiro atoms. The minimum atomic E-state index is -0.687. The Balaban J connectivity index is 1.67. The average Bonchev–Trinajstić information content (AvgIpc) is 3.00. The second-order valence-electron chi connectivity index (χ2n) is 6.65. The van der Waals surface area contributed by atoms with Crippen molar-refractivity contribution in [2.45, 2.75) is 58.2 Å². The Bertz CT molecular complexity index is 540. The van der Waals surface area contributed by atoms with Gasteiger partial charge in [0.25, 0.3) is 0 Å². The zero-order valence-electron chi connectivity index (χ0n) is 15.2. The van der Waals surface area contributed by atoms with Crippen molar-refractivity contribution in [2.75, 3.05) is 13.2 Å². The standard InChI is InChI=1S/C21H30O4/c1-2-25-20(23)21(15-10-13-19(21)22)14-8-3-4-9-16-24-17-18-11-6-5-7-12-18/h4-7,9,11-12,19,22H,2-3,8,10,13-17H2,1H3/b9-4+/t19-,21-/m0/s1. The van der Waals surface area contributed by atoms with Crippen LogP contribution in [0.15, 0.2) is 42.5 Å². The summed E-state index contributed by atoms with van der Waals surface area (Å²) >= 11 is 0. The number of esters is 1. The molecule has 4 heteroatoms. The van der Waals surface area contributed by atoms with Crippen LogP contribution in [0.3, 0.4) is 0 Å². The number of hydrogen-bond donors (Lipinski definition) is 1. The molecule has 0 unspecified atom stereocenters. The number of unbranched alkanes of at least 4 members (excludes halogenated alkanes) is 1. The van der Waals surface area contributed by atoms with Crippen LogP contribution in [0.1, 0.15) is 51.0 Å². The zero-order chi connectivity index (χ0) is 18.0. The molecule has 1 fully saturated rings. The van der Waals surface area contributed by atoms with Crippen LogP contribution in [-0.4, -0.2) is 30.4 Å². The third-order valence-electron chi connectivity index (χ3n) is 4.91. The highest BCUT2D eigenvalue weighted by molar-refractivity contribution is 5.78. The minimum absolute atomic E-state index is 0.227. The summed E-state index contributed by atoms with van der Waals surface area (Å²) in [6.07, 6.45) is 8.29. The molecular weight excluding hydrogens is 316 g/mol. The van der Waals surface area contributed by atoms with E-state index in [0.29, 0.717) is 32.7 Å². The molecule has 1 aromatic carbocycles. The van der Waals surface area contributed by atoms with Gasteiger partial charge in [0.1, 0.15) is 0 Å². The van der Waals surface area contributed by atoms with Crippen molar-refractivity contribution in [3.8, 4) is 0 Å². The first-order valence-corrected chi connectivity index (χ1v) is 9.31. The van der Waals surface area contributed by atoms with Crippen LogP contribution in [0.5, 0.6) is 0 Å². The fraction of sp³-hybridized carbons (Fsp3) is 0.571. The van der Waals surface area contributed by atoms with Gasteiger partial charge in [-0.1, -0.05) is 42.5 Å². The van der Waals surface area contributed by atoms with Crippen molar-refractivity contribution in [2.24, 2.45) is 5.41 Å². The third kappa shape index (κ3) is 5.68. The Labute approximate surface area is 150 Å². The molecule has 2 rings (SSSR count). The second-order valence-corrected chi connectivity index (χ2v) is 6.65. The molecule has 2 atom stereocenters. The van der Waals surface area contributed by atoms with E-state index in [1.54, 1.807) is 0 Å². The number of carbonyl (C=O) groups is 1. The molecule has 0 aromatic heterocycles. The summed E-state index contributed by atoms with van der Waals surface area (Å²) in [6.45, 7) is 3.38. The molecule has 25 heavy (non-hydrogen) atoms. The third-order valence-corrected chi connectivity index (χ3v) is 4.91. The highest BCUT2D eigenvalue weighted by Crippen LogP contribution is 2.43. The van der Waals surface area contributed by atoms with E-state index < -0.39 is 11.5 Å². The van der Waals surface area contributed by atoms with Crippen molar-refractivity contribution in [1.82, 2.24) is 0 Å². The molecule has 138 valence electrons. The lowest BCUT2D eigenvalue weighted by Gasteiger charge is -2.30. The highest BCUT2D eigenvalue weighted by Gasteiger charge is 2.48. The molecule has 0 bridgehead atoms. The van der Waals surface area contributed by atoms with Gasteiger partial charge in [-0.25, -0.2) is 0 Å². The van der Waals surface area contributed by atoms with Gasteiger partial charge in [0, 0.05) is 0 Å². The fourth-order valence-electron chi connectivity index (χ4n) is 3.50. The van der Waals surface area contributed by atoms with Gasteiger partial charge in [-0.05, 0) is 51.0 Å². The van der Waals surface area contributed by atoms with Crippen LogP contribution in [0, 0.1) is 5.41 Å². The minimum Gasteiger partial charge on any atom is -0.465 e. The monoisotopic (exact) mass is 346 g/mol. The van der Waals surface area contributed by atoms with Gasteiger partial charge in [-0.2, -0.15) is 0 Å². The van der Waals surface area contributed by atoms with E-state index in [9.17, 15) is 9.90 Å². The molecule has 1 aliphatic rings. The van der Waals surface area contributed by atoms with Crippen LogP contribution in [-0.2, 0) is 20.9 Å². The maximum absolute atomic E-state index is 12.3. The van der Waals surface area contributed by atoms with Gasteiger partial charge in [0.15, 0.2) is 0 Å². The van der Waals surface area contributed by atoms with Crippen LogP contribution in [0.4, 0.5) is 0 Å². The van der Waals surface area contributed by atoms with Crippen molar-refractivity contribution in [1.29, 1.82) is 0 Å². The summed E-state index contributed by atoms with van der Waals surface area (Å²) in [6, 6.07) is 10.1. The van der Waals surface area contributed by atoms with Crippen molar-refractivity contribution >= 4 is 5.97 Å². The normalized spacial score (nSPS) is 23.2. The smallest absolute Gasteiger partial charge is 0.314 e. The fourth-order valence-corrected chi connectivity index (χ4v) is 3.50. The van der Waals surface area contributed by atoms with Gasteiger partial charge < -0.3 is 14.6 Å². The number of aliphatic hydroxyl groups is 1. The number of allylic oxidation sites excluding steroid dienone is 1. The van der Waals surface area contributed by atoms with Gasteiger partial charge in [0.05, 0.1) is 31.3 Å². The molecule has 0 radical (unpaired) electrons. The molecular formula is C21H30O4. The maximum Gasteiger partial charge on any atom is 0.314 e. The van der Waals surface area contributed by atoms with Crippen LogP contribution in [0.25, 0.3) is 0 Å². The maximum atomic E-state index is 12.3. The molecule has 1 N–H and O–H groups in total. The zero-order valence-corrected chi connectivity index (χ0v) is 15.2. The van der Waals surface area contributed by atoms with Crippen LogP contribution in [0.2, 0.25) is 0 Å². The van der Waals surface area contributed by atoms with Crippen molar-refractivity contribution < 1.29 is 19.4 Å². The molecule has 1 saturated carbocycles. The van der Waals surface area contributed by atoms with Crippen molar-refractivity contribution in [3.05, 3.63) is 48.0 Å². The Morgan fingerprint density at radius 1 is 1.32 bits per heavy atom. The lowest BCUT2D eigenvalue weighted by atomic mass is 9.79. The van der Waals surface area contributed by atoms with Gasteiger partial charge >= 0.3 is 5.97 Å². The number of rotatable bonds is 10. The first-order chi connectivity index (χ1) is 12.2. The second kappa shape index (κ2) is 10.4. The van der Waals surface area contributed by atoms with Crippen molar-refractivity contribution in [3.63, 3.8) is 0 Å². The molecule has 0 aliphatic heterocycles. The number of carbonyl (C=O) groups excluding carboxylic acids is 1. The van der Waals surface area contributed by atoms with E-state index in [4.69, 9.17) is 9.47 Å². The SMILES string of the molecule is CCOC(=O)[C@@]1(CCC/C=C/COCc2ccccc2)CCC[C@@H]1O. The summed E-state index contributed by atoms with van der Waals surface area (Å²) in [7, 11) is 0. The van der Waals surface area contributed by atoms with Crippen LogP contribution >= 0.6 is 0 Å². The Hall–Kier alpha value is -1.65. The Morgan fingerprint density at radius 3 is 2.80 bits per heavy atom. The molecule has 1 aromatic rings. The highest BCUT2D eigenvalue weighted by atomic mass is 16.5. The number of benzene rings is 1. The molecule has 4 nitrogen and oxygen atoms in total. The summed E-state index contributed by atoms with van der Waals surface area (Å²) < 4.78 is 10.8. The summed E-state index contributed by atoms with van der Waals surface area (Å²) in [5, 5.41) is 10.3. The average molecular weight is 346 g/mol. The lowest BCUT2D eigenvalue weighted by molar-refractivity contribution is -0.161. The van der Waals surface area contributed by atoms with Crippen LogP contribution < -0.4 is 0 Å². The van der Waals surface area contributed by atoms with E-state index in [2.05, 4.69) is 6.08 Å². The van der Waals surface area contributed by atoms with E-state index in [1.807, 2.05) is 43.3 Å². The topological polar surface area (TPSA) is 55.8 Å². The van der Waals surface area contributed by atoms with Gasteiger partial charge in [-0.3, -0.25) is 4.79 Å². The van der Waals surface area contributed by atoms with E-state index >= 15 is 0 Å². The lowest BCUT2D eigenvalue weighted by Crippen LogP contribution is -2.39. The molecule has 0 amide bonds. The largest absolute Gasteiger partial charge is 0.465 e. The van der Waals surface area contributed by atoms with E-state index in [-0.39, 0.29) is 5.97 Å². The Kier molecular flexibility index (Phi) is 8.16. The number of hydrogen-bond acceptors (Lipinski definition) is 4. The molecule has 1 aliphatic carbocycles. The summed E-state index contributed by atoms with van der Waals surface area (Å²) in [4.78, 5) is 12.3. The quantitative estimate of drug-likeness (QED) is 0.395. The molecule has 0 heterocycles. The van der Waals surface area contributed by atoms with E-state index in [0.717, 1.165) is 25.7 Å². The predicted molar refractivity (Wildman–Crippen MR) is 98.0 cm³/mol. The van der Waals surface area contributed by atoms with Gasteiger partial charge in [0.2, 0.25) is 0 Å². The molecule has 0 saturated heterocycles. The predicted octanol–water partition coefficient (Wildman–Crippen LogP) is 4.02. The number of ether oxygens (including phenoxy) is 2. The van der Waals surface area contributed by atoms with E-state index in [1.165, 1.54) is 5.56 Å². The summed E-state index contributed by atoms with van der Waals surface area (Å²) in [5.41, 5.74) is 0.482. The first kappa shape index (κ1) is 19.7. The van der Waals surface area contributed by atoms with Gasteiger partial charge in [-0.15, -0.1) is 0 Å². The summed E-state index contributed by atoms with van der Waals surface area (Å²) in [5.74, 6) is -0.227. The Morgan fingerprint density at radius 2 is 2.12 bits per heavy atom. The number of aliphatic hydroxyl groups excluding tert-OH is 1. The first-order valence-electron chi connectivity index (χ1n) is 9.31.